The molecule has 0 saturated carbocycles. The van der Waals surface area contributed by atoms with Crippen LogP contribution in [0.5, 0.6) is 0 Å². The second-order valence-electron chi connectivity index (χ2n) is 2.29. The predicted octanol–water partition coefficient (Wildman–Crippen LogP) is 3.95. The van der Waals surface area contributed by atoms with Gasteiger partial charge >= 0.3 is 0 Å². The Morgan fingerprint density at radius 3 is 2.27 bits per heavy atom. The number of benzene rings is 1. The van der Waals surface area contributed by atoms with E-state index in [0.29, 0.717) is 4.83 Å². The van der Waals surface area contributed by atoms with Crippen LogP contribution in [0, 0.1) is 0 Å². The van der Waals surface area contributed by atoms with Crippen molar-refractivity contribution in [2.45, 2.75) is 18.2 Å². The van der Waals surface area contributed by atoms with Gasteiger partial charge in [0.05, 0.1) is 0 Å². The van der Waals surface area contributed by atoms with Crippen LogP contribution < -0.4 is 0 Å². The molecule has 1 rings (SSSR count). The van der Waals surface area contributed by atoms with Crippen molar-refractivity contribution in [3.63, 3.8) is 0 Å². The molecular formula is C9H12BrCl. The van der Waals surface area contributed by atoms with E-state index >= 15 is 0 Å². The lowest BCUT2D eigenvalue weighted by atomic mass is 10.1. The number of rotatable bonds is 2. The van der Waals surface area contributed by atoms with Gasteiger partial charge in [0.15, 0.2) is 0 Å². The SMILES string of the molecule is CCC(Br)c1ccccc1.Cl. The van der Waals surface area contributed by atoms with Gasteiger partial charge in [-0.1, -0.05) is 53.2 Å². The second kappa shape index (κ2) is 5.62. The van der Waals surface area contributed by atoms with Crippen LogP contribution in [0.1, 0.15) is 23.7 Å². The van der Waals surface area contributed by atoms with Crippen LogP contribution in [0.4, 0.5) is 0 Å². The molecule has 1 aromatic carbocycles. The van der Waals surface area contributed by atoms with Crippen LogP contribution in [0.25, 0.3) is 0 Å². The van der Waals surface area contributed by atoms with Gasteiger partial charge in [-0.25, -0.2) is 0 Å². The van der Waals surface area contributed by atoms with Crippen molar-refractivity contribution in [3.8, 4) is 0 Å². The van der Waals surface area contributed by atoms with E-state index in [-0.39, 0.29) is 12.4 Å². The summed E-state index contributed by atoms with van der Waals surface area (Å²) in [6.45, 7) is 2.17. The molecule has 0 heterocycles. The average molecular weight is 236 g/mol. The molecule has 0 aliphatic heterocycles. The van der Waals surface area contributed by atoms with Gasteiger partial charge in [0.2, 0.25) is 0 Å². The van der Waals surface area contributed by atoms with E-state index in [1.165, 1.54) is 5.56 Å². The Morgan fingerprint density at radius 2 is 1.82 bits per heavy atom. The minimum Gasteiger partial charge on any atom is -0.147 e. The molecule has 0 radical (unpaired) electrons. The molecule has 0 aliphatic carbocycles. The van der Waals surface area contributed by atoms with Crippen LogP contribution in [0.2, 0.25) is 0 Å². The lowest BCUT2D eigenvalue weighted by Crippen LogP contribution is -1.84. The first kappa shape index (κ1) is 11.0. The lowest BCUT2D eigenvalue weighted by Gasteiger charge is -2.04. The second-order valence-corrected chi connectivity index (χ2v) is 3.39. The first-order chi connectivity index (χ1) is 4.84. The van der Waals surface area contributed by atoms with Crippen molar-refractivity contribution < 1.29 is 0 Å². The van der Waals surface area contributed by atoms with Crippen molar-refractivity contribution in [2.24, 2.45) is 0 Å². The number of halogens is 2. The van der Waals surface area contributed by atoms with Gasteiger partial charge in [-0.05, 0) is 12.0 Å². The van der Waals surface area contributed by atoms with E-state index in [0.717, 1.165) is 6.42 Å². The van der Waals surface area contributed by atoms with Gasteiger partial charge in [-0.15, -0.1) is 12.4 Å². The average Bonchev–Trinajstić information content (AvgIpc) is 2.05. The third-order valence-corrected chi connectivity index (χ3v) is 2.70. The molecule has 1 aromatic rings. The van der Waals surface area contributed by atoms with E-state index in [4.69, 9.17) is 0 Å². The van der Waals surface area contributed by atoms with Crippen LogP contribution in [-0.2, 0) is 0 Å². The topological polar surface area (TPSA) is 0 Å². The summed E-state index contributed by atoms with van der Waals surface area (Å²) in [5.74, 6) is 0. The maximum absolute atomic E-state index is 3.58. The highest BCUT2D eigenvalue weighted by Gasteiger charge is 2.00. The fourth-order valence-corrected chi connectivity index (χ4v) is 1.20. The molecule has 0 N–H and O–H groups in total. The van der Waals surface area contributed by atoms with Gasteiger partial charge in [-0.2, -0.15) is 0 Å². The fourth-order valence-electron chi connectivity index (χ4n) is 0.898. The number of hydrogen-bond donors (Lipinski definition) is 0. The van der Waals surface area contributed by atoms with Crippen LogP contribution >= 0.6 is 28.3 Å². The van der Waals surface area contributed by atoms with Gasteiger partial charge in [0.1, 0.15) is 0 Å². The summed E-state index contributed by atoms with van der Waals surface area (Å²) >= 11 is 3.58. The van der Waals surface area contributed by atoms with E-state index < -0.39 is 0 Å². The molecule has 11 heavy (non-hydrogen) atoms. The summed E-state index contributed by atoms with van der Waals surface area (Å²) in [7, 11) is 0. The van der Waals surface area contributed by atoms with Gasteiger partial charge in [0, 0.05) is 4.83 Å². The monoisotopic (exact) mass is 234 g/mol. The summed E-state index contributed by atoms with van der Waals surface area (Å²) in [6.07, 6.45) is 1.14. The Kier molecular flexibility index (Phi) is 5.61. The van der Waals surface area contributed by atoms with Crippen LogP contribution in [0.3, 0.4) is 0 Å². The molecule has 0 saturated heterocycles. The minimum atomic E-state index is 0. The quantitative estimate of drug-likeness (QED) is 0.681. The van der Waals surface area contributed by atoms with Crippen LogP contribution in [0.15, 0.2) is 30.3 Å². The largest absolute Gasteiger partial charge is 0.147 e. The smallest absolute Gasteiger partial charge is 0.0392 e. The van der Waals surface area contributed by atoms with E-state index in [9.17, 15) is 0 Å². The van der Waals surface area contributed by atoms with Crippen LogP contribution in [-0.4, -0.2) is 0 Å². The molecule has 62 valence electrons. The summed E-state index contributed by atoms with van der Waals surface area (Å²) < 4.78 is 0. The van der Waals surface area contributed by atoms with Crippen molar-refractivity contribution in [1.29, 1.82) is 0 Å². The fraction of sp³-hybridized carbons (Fsp3) is 0.333. The van der Waals surface area contributed by atoms with E-state index in [2.05, 4.69) is 47.1 Å². The van der Waals surface area contributed by atoms with Gasteiger partial charge < -0.3 is 0 Å². The Labute approximate surface area is 82.5 Å². The van der Waals surface area contributed by atoms with Crippen molar-refractivity contribution in [2.75, 3.05) is 0 Å². The third-order valence-electron chi connectivity index (χ3n) is 1.52. The first-order valence-electron chi connectivity index (χ1n) is 3.53. The maximum Gasteiger partial charge on any atom is 0.0392 e. The summed E-state index contributed by atoms with van der Waals surface area (Å²) in [6, 6.07) is 10.5. The van der Waals surface area contributed by atoms with Crippen molar-refractivity contribution in [1.82, 2.24) is 0 Å². The summed E-state index contributed by atoms with van der Waals surface area (Å²) in [5.41, 5.74) is 1.37. The first-order valence-corrected chi connectivity index (χ1v) is 4.45. The van der Waals surface area contributed by atoms with Gasteiger partial charge in [-0.3, -0.25) is 0 Å². The third kappa shape index (κ3) is 3.26. The van der Waals surface area contributed by atoms with E-state index in [1.807, 2.05) is 6.07 Å². The Hall–Kier alpha value is -0.0100. The zero-order valence-electron chi connectivity index (χ0n) is 6.46. The highest BCUT2D eigenvalue weighted by atomic mass is 79.9. The standard InChI is InChI=1S/C9H11Br.ClH/c1-2-9(10)8-6-4-3-5-7-8;/h3-7,9H,2H2,1H3;1H. The molecule has 0 aliphatic rings. The predicted molar refractivity (Wildman–Crippen MR) is 55.6 cm³/mol. The molecule has 0 spiro atoms. The zero-order chi connectivity index (χ0) is 7.40. The highest BCUT2D eigenvalue weighted by molar-refractivity contribution is 9.09. The minimum absolute atomic E-state index is 0. The summed E-state index contributed by atoms with van der Waals surface area (Å²) in [5, 5.41) is 0. The molecule has 1 atom stereocenters. The highest BCUT2D eigenvalue weighted by Crippen LogP contribution is 2.24. The normalized spacial score (nSPS) is 11.8. The molecule has 1 unspecified atom stereocenters. The number of alkyl halides is 1. The Bertz CT molecular complexity index is 186. The number of hydrogen-bond acceptors (Lipinski definition) is 0. The molecular weight excluding hydrogens is 223 g/mol. The maximum atomic E-state index is 3.58. The van der Waals surface area contributed by atoms with E-state index in [1.54, 1.807) is 0 Å². The van der Waals surface area contributed by atoms with Crippen molar-refractivity contribution in [3.05, 3.63) is 35.9 Å². The molecule has 0 fully saturated rings. The zero-order valence-corrected chi connectivity index (χ0v) is 8.86. The molecule has 0 bridgehead atoms. The van der Waals surface area contributed by atoms with Gasteiger partial charge in [0.25, 0.3) is 0 Å². The summed E-state index contributed by atoms with van der Waals surface area (Å²) in [4.78, 5) is 0.522. The molecule has 2 heteroatoms. The Morgan fingerprint density at radius 1 is 1.27 bits per heavy atom. The molecule has 0 amide bonds. The Balaban J connectivity index is 0.000001000. The van der Waals surface area contributed by atoms with Crippen molar-refractivity contribution >= 4 is 28.3 Å². The lowest BCUT2D eigenvalue weighted by molar-refractivity contribution is 0.911. The molecule has 0 nitrogen and oxygen atoms in total. The molecule has 0 aromatic heterocycles.